The van der Waals surface area contributed by atoms with Gasteiger partial charge in [-0.2, -0.15) is 0 Å². The number of benzene rings is 3. The highest BCUT2D eigenvalue weighted by Crippen LogP contribution is 2.23. The van der Waals surface area contributed by atoms with E-state index in [0.29, 0.717) is 0 Å². The maximum atomic E-state index is 13.5. The molecule has 0 aliphatic heterocycles. The number of aromatic amines is 1. The topological polar surface area (TPSA) is 85.4 Å². The quantitative estimate of drug-likeness (QED) is 0.354. The Bertz CT molecular complexity index is 1220. The Balaban J connectivity index is 1.65. The highest BCUT2D eigenvalue weighted by Gasteiger charge is 2.31. The molecule has 6 nitrogen and oxygen atoms in total. The fraction of sp³-hybridized carbons (Fsp3) is 0.185. The van der Waals surface area contributed by atoms with Crippen molar-refractivity contribution in [2.75, 3.05) is 0 Å². The summed E-state index contributed by atoms with van der Waals surface area (Å²) < 4.78 is 0. The van der Waals surface area contributed by atoms with Gasteiger partial charge in [0.05, 0.1) is 6.04 Å². The van der Waals surface area contributed by atoms with E-state index in [4.69, 9.17) is 0 Å². The van der Waals surface area contributed by atoms with E-state index in [2.05, 4.69) is 10.3 Å². The average molecular weight is 442 g/mol. The van der Waals surface area contributed by atoms with Crippen LogP contribution >= 0.6 is 0 Å². The van der Waals surface area contributed by atoms with Crippen molar-refractivity contribution in [3.63, 3.8) is 0 Å². The van der Waals surface area contributed by atoms with Crippen LogP contribution in [0.25, 0.3) is 10.9 Å². The lowest BCUT2D eigenvalue weighted by Crippen LogP contribution is -2.50. The lowest BCUT2D eigenvalue weighted by molar-refractivity contribution is -0.126. The molecule has 33 heavy (non-hydrogen) atoms. The van der Waals surface area contributed by atoms with Gasteiger partial charge in [-0.15, -0.1) is 0 Å². The number of rotatable bonds is 8. The molecule has 4 aromatic rings. The monoisotopic (exact) mass is 441 g/mol. The number of nitrogens with zero attached hydrogens (tertiary/aromatic N) is 1. The van der Waals surface area contributed by atoms with Crippen molar-refractivity contribution < 1.29 is 14.7 Å². The SMILES string of the molecule is C[C@@H](NC(=O)[C@H](Cc1c[nH]c2ccccc12)N(Cc1ccccc1)C(=O)O)c1ccccc1. The Hall–Kier alpha value is -4.06. The molecular weight excluding hydrogens is 414 g/mol. The summed E-state index contributed by atoms with van der Waals surface area (Å²) in [6.07, 6.45) is 0.983. The molecule has 0 radical (unpaired) electrons. The van der Waals surface area contributed by atoms with Gasteiger partial charge in [0, 0.05) is 30.1 Å². The Morgan fingerprint density at radius 3 is 2.27 bits per heavy atom. The summed E-state index contributed by atoms with van der Waals surface area (Å²) in [4.78, 5) is 30.3. The van der Waals surface area contributed by atoms with Crippen molar-refractivity contribution in [1.82, 2.24) is 15.2 Å². The van der Waals surface area contributed by atoms with E-state index in [1.54, 1.807) is 0 Å². The van der Waals surface area contributed by atoms with Crippen LogP contribution in [0.2, 0.25) is 0 Å². The molecule has 3 N–H and O–H groups in total. The molecule has 168 valence electrons. The Morgan fingerprint density at radius 1 is 0.939 bits per heavy atom. The van der Waals surface area contributed by atoms with Crippen LogP contribution in [0.5, 0.6) is 0 Å². The summed E-state index contributed by atoms with van der Waals surface area (Å²) in [5, 5.41) is 14.1. The van der Waals surface area contributed by atoms with Crippen molar-refractivity contribution in [2.24, 2.45) is 0 Å². The molecule has 1 heterocycles. The number of hydrogen-bond acceptors (Lipinski definition) is 2. The third-order valence-corrected chi connectivity index (χ3v) is 5.87. The molecule has 0 saturated heterocycles. The van der Waals surface area contributed by atoms with Gasteiger partial charge in [-0.1, -0.05) is 78.9 Å². The Kier molecular flexibility index (Phi) is 6.74. The Labute approximate surface area is 192 Å². The molecule has 0 fully saturated rings. The molecule has 0 aliphatic carbocycles. The normalized spacial score (nSPS) is 12.8. The number of carboxylic acid groups (broad SMARTS) is 1. The summed E-state index contributed by atoms with van der Waals surface area (Å²) in [7, 11) is 0. The first-order valence-corrected chi connectivity index (χ1v) is 11.0. The van der Waals surface area contributed by atoms with E-state index in [0.717, 1.165) is 27.6 Å². The van der Waals surface area contributed by atoms with E-state index < -0.39 is 12.1 Å². The molecule has 4 rings (SSSR count). The van der Waals surface area contributed by atoms with E-state index >= 15 is 0 Å². The zero-order valence-corrected chi connectivity index (χ0v) is 18.4. The molecule has 0 saturated carbocycles. The third-order valence-electron chi connectivity index (χ3n) is 5.87. The first-order chi connectivity index (χ1) is 16.0. The first-order valence-electron chi connectivity index (χ1n) is 11.0. The predicted molar refractivity (Wildman–Crippen MR) is 129 cm³/mol. The van der Waals surface area contributed by atoms with Crippen LogP contribution in [-0.4, -0.2) is 33.0 Å². The summed E-state index contributed by atoms with van der Waals surface area (Å²) in [6, 6.07) is 25.6. The summed E-state index contributed by atoms with van der Waals surface area (Å²) >= 11 is 0. The molecule has 0 bridgehead atoms. The molecule has 2 atom stereocenters. The standard InChI is InChI=1S/C27H27N3O3/c1-19(21-12-6-3-7-13-21)29-26(31)25(16-22-17-28-24-15-9-8-14-23(22)24)30(27(32)33)18-20-10-4-2-5-11-20/h2-15,17,19,25,28H,16,18H2,1H3,(H,29,31)(H,32,33)/t19-,25+/m1/s1. The summed E-state index contributed by atoms with van der Waals surface area (Å²) in [5.74, 6) is -0.324. The van der Waals surface area contributed by atoms with Crippen LogP contribution < -0.4 is 5.32 Å². The lowest BCUT2D eigenvalue weighted by atomic mass is 10.0. The fourth-order valence-electron chi connectivity index (χ4n) is 4.08. The maximum Gasteiger partial charge on any atom is 0.408 e. The van der Waals surface area contributed by atoms with Gasteiger partial charge in [-0.05, 0) is 29.7 Å². The second-order valence-corrected chi connectivity index (χ2v) is 8.12. The van der Waals surface area contributed by atoms with Crippen LogP contribution in [0.3, 0.4) is 0 Å². The van der Waals surface area contributed by atoms with Crippen molar-refractivity contribution in [1.29, 1.82) is 0 Å². The number of H-pyrrole nitrogens is 1. The first kappa shape index (κ1) is 22.1. The van der Waals surface area contributed by atoms with Crippen LogP contribution in [0.15, 0.2) is 91.1 Å². The number of carbonyl (C=O) groups is 2. The van der Waals surface area contributed by atoms with Gasteiger partial charge in [0.15, 0.2) is 0 Å². The molecule has 0 aliphatic rings. The van der Waals surface area contributed by atoms with Crippen molar-refractivity contribution >= 4 is 22.9 Å². The van der Waals surface area contributed by atoms with Gasteiger partial charge in [0.25, 0.3) is 0 Å². The van der Waals surface area contributed by atoms with Gasteiger partial charge in [-0.25, -0.2) is 4.79 Å². The maximum absolute atomic E-state index is 13.5. The van der Waals surface area contributed by atoms with Crippen LogP contribution in [0, 0.1) is 0 Å². The summed E-state index contributed by atoms with van der Waals surface area (Å²) in [6.45, 7) is 2.02. The second-order valence-electron chi connectivity index (χ2n) is 8.12. The minimum Gasteiger partial charge on any atom is -0.465 e. The second kappa shape index (κ2) is 10.0. The van der Waals surface area contributed by atoms with Crippen molar-refractivity contribution in [3.8, 4) is 0 Å². The molecule has 0 spiro atoms. The number of fused-ring (bicyclic) bond motifs is 1. The molecule has 3 aromatic carbocycles. The zero-order chi connectivity index (χ0) is 23.2. The minimum absolute atomic E-state index is 0.121. The van der Waals surface area contributed by atoms with Crippen molar-refractivity contribution in [2.45, 2.75) is 32.0 Å². The number of amides is 2. The van der Waals surface area contributed by atoms with E-state index in [1.165, 1.54) is 4.90 Å². The van der Waals surface area contributed by atoms with E-state index in [9.17, 15) is 14.7 Å². The fourth-order valence-corrected chi connectivity index (χ4v) is 4.08. The third kappa shape index (κ3) is 5.23. The smallest absolute Gasteiger partial charge is 0.408 e. The molecular formula is C27H27N3O3. The molecule has 1 aromatic heterocycles. The minimum atomic E-state index is -1.13. The number of aromatic nitrogens is 1. The predicted octanol–water partition coefficient (Wildman–Crippen LogP) is 5.14. The van der Waals surface area contributed by atoms with Gasteiger partial charge in [0.2, 0.25) is 5.91 Å². The average Bonchev–Trinajstić information content (AvgIpc) is 3.25. The van der Waals surface area contributed by atoms with Crippen LogP contribution in [0.4, 0.5) is 4.79 Å². The van der Waals surface area contributed by atoms with Crippen LogP contribution in [-0.2, 0) is 17.8 Å². The number of para-hydroxylation sites is 1. The molecule has 6 heteroatoms. The van der Waals surface area contributed by atoms with Crippen molar-refractivity contribution in [3.05, 3.63) is 108 Å². The molecule has 0 unspecified atom stereocenters. The number of nitrogens with one attached hydrogen (secondary N) is 2. The highest BCUT2D eigenvalue weighted by atomic mass is 16.4. The number of hydrogen-bond donors (Lipinski definition) is 3. The van der Waals surface area contributed by atoms with Gasteiger partial charge in [0.1, 0.15) is 6.04 Å². The zero-order valence-electron chi connectivity index (χ0n) is 18.4. The van der Waals surface area contributed by atoms with Crippen LogP contribution in [0.1, 0.15) is 29.7 Å². The summed E-state index contributed by atoms with van der Waals surface area (Å²) in [5.41, 5.74) is 3.64. The largest absolute Gasteiger partial charge is 0.465 e. The lowest BCUT2D eigenvalue weighted by Gasteiger charge is -2.30. The Morgan fingerprint density at radius 2 is 1.58 bits per heavy atom. The van der Waals surface area contributed by atoms with E-state index in [-0.39, 0.29) is 24.9 Å². The molecule has 2 amide bonds. The highest BCUT2D eigenvalue weighted by molar-refractivity contribution is 5.88. The van der Waals surface area contributed by atoms with Gasteiger partial charge < -0.3 is 15.4 Å². The number of carbonyl (C=O) groups excluding carboxylic acids is 1. The van der Waals surface area contributed by atoms with E-state index in [1.807, 2.05) is 98.0 Å². The van der Waals surface area contributed by atoms with Gasteiger partial charge in [-0.3, -0.25) is 9.69 Å². The van der Waals surface area contributed by atoms with Gasteiger partial charge >= 0.3 is 6.09 Å².